The number of hydrogen-bond donors (Lipinski definition) is 0. The van der Waals surface area contributed by atoms with Crippen molar-refractivity contribution in [3.8, 4) is 11.4 Å². The maximum absolute atomic E-state index is 11.2. The van der Waals surface area contributed by atoms with Gasteiger partial charge in [-0.3, -0.25) is 9.78 Å². The molecule has 0 fully saturated rings. The van der Waals surface area contributed by atoms with Gasteiger partial charge < -0.3 is 0 Å². The molecule has 0 aliphatic rings. The van der Waals surface area contributed by atoms with E-state index in [1.54, 1.807) is 12.3 Å². The molecule has 0 saturated heterocycles. The Bertz CT molecular complexity index is 531. The molecule has 0 aromatic carbocycles. The van der Waals surface area contributed by atoms with Gasteiger partial charge in [0.25, 0.3) is 5.56 Å². The Kier molecular flexibility index (Phi) is 2.41. The van der Waals surface area contributed by atoms with Gasteiger partial charge in [0, 0.05) is 18.5 Å². The highest BCUT2D eigenvalue weighted by atomic mass is 16.1. The first-order chi connectivity index (χ1) is 7.31. The minimum Gasteiger partial charge on any atom is -0.267 e. The molecule has 2 rings (SSSR count). The summed E-state index contributed by atoms with van der Waals surface area (Å²) in [5, 5.41) is 4.08. The molecule has 4 nitrogen and oxygen atoms in total. The predicted molar refractivity (Wildman–Crippen MR) is 58.1 cm³/mol. The van der Waals surface area contributed by atoms with E-state index >= 15 is 0 Å². The Balaban J connectivity index is 2.56. The molecular weight excluding hydrogens is 190 g/mol. The van der Waals surface area contributed by atoms with Gasteiger partial charge >= 0.3 is 0 Å². The van der Waals surface area contributed by atoms with Crippen LogP contribution in [0.5, 0.6) is 0 Å². The number of rotatable bonds is 2. The summed E-state index contributed by atoms with van der Waals surface area (Å²) in [6.07, 6.45) is 3.05. The van der Waals surface area contributed by atoms with Crippen molar-refractivity contribution in [2.24, 2.45) is 0 Å². The maximum atomic E-state index is 11.2. The van der Waals surface area contributed by atoms with E-state index in [9.17, 15) is 4.79 Å². The molecule has 2 aromatic heterocycles. The lowest BCUT2D eigenvalue weighted by Crippen LogP contribution is -2.17. The summed E-state index contributed by atoms with van der Waals surface area (Å²) in [6.45, 7) is 3.51. The molecule has 0 spiro atoms. The third-order valence-corrected chi connectivity index (χ3v) is 1.93. The van der Waals surface area contributed by atoms with Crippen molar-refractivity contribution < 1.29 is 0 Å². The van der Waals surface area contributed by atoms with Crippen molar-refractivity contribution in [1.82, 2.24) is 14.8 Å². The quantitative estimate of drug-likeness (QED) is 0.734. The number of hydrogen-bond acceptors (Lipinski definition) is 3. The Morgan fingerprint density at radius 1 is 1.20 bits per heavy atom. The topological polar surface area (TPSA) is 47.8 Å². The van der Waals surface area contributed by atoms with E-state index in [0.717, 1.165) is 5.69 Å². The van der Waals surface area contributed by atoms with Crippen LogP contribution >= 0.6 is 0 Å². The van der Waals surface area contributed by atoms with E-state index in [0.29, 0.717) is 5.69 Å². The van der Waals surface area contributed by atoms with Crippen LogP contribution < -0.4 is 5.56 Å². The zero-order chi connectivity index (χ0) is 10.7. The first-order valence-electron chi connectivity index (χ1n) is 4.45. The first-order valence-corrected chi connectivity index (χ1v) is 4.45. The van der Waals surface area contributed by atoms with Crippen LogP contribution in [0.3, 0.4) is 0 Å². The molecule has 74 valence electrons. The van der Waals surface area contributed by atoms with Crippen LogP contribution in [0.25, 0.3) is 17.6 Å². The van der Waals surface area contributed by atoms with Crippen LogP contribution in [0, 0.1) is 0 Å². The molecule has 0 unspecified atom stereocenters. The van der Waals surface area contributed by atoms with Gasteiger partial charge in [-0.2, -0.15) is 5.10 Å². The van der Waals surface area contributed by atoms with Crippen LogP contribution in [-0.4, -0.2) is 14.8 Å². The second kappa shape index (κ2) is 3.88. The Morgan fingerprint density at radius 3 is 2.73 bits per heavy atom. The monoisotopic (exact) mass is 199 g/mol. The molecule has 0 atom stereocenters. The summed E-state index contributed by atoms with van der Waals surface area (Å²) >= 11 is 0. The molecule has 15 heavy (non-hydrogen) atoms. The van der Waals surface area contributed by atoms with Gasteiger partial charge in [0.1, 0.15) is 5.69 Å². The third kappa shape index (κ3) is 1.83. The van der Waals surface area contributed by atoms with Gasteiger partial charge in [-0.05, 0) is 18.2 Å². The molecule has 0 N–H and O–H groups in total. The second-order valence-electron chi connectivity index (χ2n) is 2.90. The van der Waals surface area contributed by atoms with E-state index < -0.39 is 0 Å². The van der Waals surface area contributed by atoms with Gasteiger partial charge in [-0.15, -0.1) is 0 Å². The van der Waals surface area contributed by atoms with Gasteiger partial charge in [0.15, 0.2) is 0 Å². The molecule has 4 heteroatoms. The van der Waals surface area contributed by atoms with Crippen molar-refractivity contribution in [2.75, 3.05) is 0 Å². The highest BCUT2D eigenvalue weighted by molar-refractivity contribution is 5.52. The zero-order valence-corrected chi connectivity index (χ0v) is 8.00. The van der Waals surface area contributed by atoms with Crippen LogP contribution in [0.15, 0.2) is 47.9 Å². The van der Waals surface area contributed by atoms with E-state index in [2.05, 4.69) is 16.7 Å². The molecule has 2 heterocycles. The number of pyridine rings is 1. The summed E-state index contributed by atoms with van der Waals surface area (Å²) in [5.74, 6) is 0. The minimum absolute atomic E-state index is 0.204. The molecule has 2 aromatic rings. The lowest BCUT2D eigenvalue weighted by molar-refractivity contribution is 0.857. The van der Waals surface area contributed by atoms with Gasteiger partial charge in [0.05, 0.1) is 5.69 Å². The Labute approximate surface area is 86.5 Å². The minimum atomic E-state index is -0.204. The van der Waals surface area contributed by atoms with Crippen molar-refractivity contribution >= 4 is 6.20 Å². The Morgan fingerprint density at radius 2 is 2.07 bits per heavy atom. The SMILES string of the molecule is C=Cn1nc(-c2ccccn2)ccc1=O. The van der Waals surface area contributed by atoms with Crippen molar-refractivity contribution in [2.45, 2.75) is 0 Å². The molecule has 0 radical (unpaired) electrons. The average molecular weight is 199 g/mol. The predicted octanol–water partition coefficient (Wildman–Crippen LogP) is 1.41. The molecule has 0 aliphatic heterocycles. The molecule has 0 aliphatic carbocycles. The lowest BCUT2D eigenvalue weighted by atomic mass is 10.2. The third-order valence-electron chi connectivity index (χ3n) is 1.93. The summed E-state index contributed by atoms with van der Waals surface area (Å²) < 4.78 is 1.18. The summed E-state index contributed by atoms with van der Waals surface area (Å²) in [6, 6.07) is 8.62. The second-order valence-corrected chi connectivity index (χ2v) is 2.90. The fraction of sp³-hybridized carbons (Fsp3) is 0. The summed E-state index contributed by atoms with van der Waals surface area (Å²) in [4.78, 5) is 15.4. The maximum Gasteiger partial charge on any atom is 0.270 e. The molecule has 0 bridgehead atoms. The smallest absolute Gasteiger partial charge is 0.267 e. The van der Waals surface area contributed by atoms with Crippen LogP contribution in [0.1, 0.15) is 0 Å². The molecule has 0 amide bonds. The Hall–Kier alpha value is -2.23. The number of nitrogens with zero attached hydrogens (tertiary/aromatic N) is 3. The van der Waals surface area contributed by atoms with Gasteiger partial charge in [0.2, 0.25) is 0 Å². The van der Waals surface area contributed by atoms with Gasteiger partial charge in [-0.1, -0.05) is 12.6 Å². The van der Waals surface area contributed by atoms with Crippen molar-refractivity contribution in [3.05, 3.63) is 53.5 Å². The average Bonchev–Trinajstić information content (AvgIpc) is 2.31. The largest absolute Gasteiger partial charge is 0.270 e. The standard InChI is InChI=1S/C11H9N3O/c1-2-14-11(15)7-6-10(13-14)9-5-3-4-8-12-9/h2-8H,1H2. The fourth-order valence-electron chi connectivity index (χ4n) is 1.21. The fourth-order valence-corrected chi connectivity index (χ4v) is 1.21. The van der Waals surface area contributed by atoms with Crippen LogP contribution in [-0.2, 0) is 0 Å². The van der Waals surface area contributed by atoms with E-state index in [1.807, 2.05) is 18.2 Å². The lowest BCUT2D eigenvalue weighted by Gasteiger charge is -2.01. The molecular formula is C11H9N3O. The summed E-state index contributed by atoms with van der Waals surface area (Å²) in [7, 11) is 0. The highest BCUT2D eigenvalue weighted by Gasteiger charge is 2.01. The van der Waals surface area contributed by atoms with E-state index in [-0.39, 0.29) is 5.56 Å². The number of aromatic nitrogens is 3. The van der Waals surface area contributed by atoms with Crippen LogP contribution in [0.2, 0.25) is 0 Å². The molecule has 0 saturated carbocycles. The van der Waals surface area contributed by atoms with Crippen LogP contribution in [0.4, 0.5) is 0 Å². The van der Waals surface area contributed by atoms with Crippen molar-refractivity contribution in [3.63, 3.8) is 0 Å². The zero-order valence-electron chi connectivity index (χ0n) is 8.00. The highest BCUT2D eigenvalue weighted by Crippen LogP contribution is 2.10. The normalized spacial score (nSPS) is 9.87. The van der Waals surface area contributed by atoms with Gasteiger partial charge in [-0.25, -0.2) is 4.68 Å². The van der Waals surface area contributed by atoms with Crippen molar-refractivity contribution in [1.29, 1.82) is 0 Å². The summed E-state index contributed by atoms with van der Waals surface area (Å²) in [5.41, 5.74) is 1.17. The van der Waals surface area contributed by atoms with E-state index in [1.165, 1.54) is 16.9 Å². The first kappa shape index (κ1) is 9.33. The van der Waals surface area contributed by atoms with E-state index in [4.69, 9.17) is 0 Å².